The predicted molar refractivity (Wildman–Crippen MR) is 106 cm³/mol. The second-order valence-corrected chi connectivity index (χ2v) is 8.78. The van der Waals surface area contributed by atoms with Crippen LogP contribution in [-0.2, 0) is 14.8 Å². The molecule has 0 spiro atoms. The lowest BCUT2D eigenvalue weighted by molar-refractivity contribution is -0.118. The predicted octanol–water partition coefficient (Wildman–Crippen LogP) is 2.61. The molecule has 1 amide bonds. The average Bonchev–Trinajstić information content (AvgIpc) is 3.21. The normalized spacial score (nSPS) is 16.4. The van der Waals surface area contributed by atoms with E-state index in [4.69, 9.17) is 14.2 Å². The van der Waals surface area contributed by atoms with Gasteiger partial charge in [-0.05, 0) is 49.2 Å². The summed E-state index contributed by atoms with van der Waals surface area (Å²) in [6.45, 7) is 1.09. The largest absolute Gasteiger partial charge is 0.484 e. The zero-order valence-corrected chi connectivity index (χ0v) is 16.6. The first-order valence-corrected chi connectivity index (χ1v) is 10.9. The van der Waals surface area contributed by atoms with E-state index in [-0.39, 0.29) is 24.2 Å². The van der Waals surface area contributed by atoms with E-state index in [0.717, 1.165) is 19.3 Å². The highest BCUT2D eigenvalue weighted by molar-refractivity contribution is 7.89. The molecule has 0 radical (unpaired) electrons. The van der Waals surface area contributed by atoms with Gasteiger partial charge in [0.1, 0.15) is 5.75 Å². The molecule has 154 valence electrons. The van der Waals surface area contributed by atoms with E-state index in [9.17, 15) is 13.2 Å². The number of hydrogen-bond donors (Lipinski definition) is 1. The summed E-state index contributed by atoms with van der Waals surface area (Å²) >= 11 is 0. The number of nitrogens with zero attached hydrogens (tertiary/aromatic N) is 1. The van der Waals surface area contributed by atoms with Gasteiger partial charge in [-0.2, -0.15) is 4.31 Å². The fourth-order valence-electron chi connectivity index (χ4n) is 3.28. The molecule has 0 aromatic heterocycles. The van der Waals surface area contributed by atoms with Crippen molar-refractivity contribution in [3.8, 4) is 17.2 Å². The first-order chi connectivity index (χ1) is 14.0. The lowest BCUT2D eigenvalue weighted by Gasteiger charge is -2.25. The Morgan fingerprint density at radius 2 is 1.72 bits per heavy atom. The molecule has 29 heavy (non-hydrogen) atoms. The number of sulfonamides is 1. The third-order valence-electron chi connectivity index (χ3n) is 4.80. The van der Waals surface area contributed by atoms with Crippen LogP contribution in [0.1, 0.15) is 19.3 Å². The minimum absolute atomic E-state index is 0.169. The maximum Gasteiger partial charge on any atom is 0.262 e. The van der Waals surface area contributed by atoms with Gasteiger partial charge in [-0.1, -0.05) is 6.42 Å². The van der Waals surface area contributed by atoms with Crippen LogP contribution in [0, 0.1) is 0 Å². The van der Waals surface area contributed by atoms with Crippen LogP contribution in [0.2, 0.25) is 0 Å². The molecule has 1 fully saturated rings. The Hall–Kier alpha value is -2.78. The van der Waals surface area contributed by atoms with Crippen LogP contribution in [0.25, 0.3) is 0 Å². The van der Waals surface area contributed by atoms with Crippen LogP contribution >= 0.6 is 0 Å². The maximum atomic E-state index is 12.7. The van der Waals surface area contributed by atoms with Gasteiger partial charge in [-0.25, -0.2) is 8.42 Å². The first kappa shape index (κ1) is 19.5. The van der Waals surface area contributed by atoms with Gasteiger partial charge < -0.3 is 19.5 Å². The maximum absolute atomic E-state index is 12.7. The summed E-state index contributed by atoms with van der Waals surface area (Å²) in [4.78, 5) is 12.4. The van der Waals surface area contributed by atoms with E-state index >= 15 is 0 Å². The smallest absolute Gasteiger partial charge is 0.262 e. The molecule has 0 saturated carbocycles. The number of carbonyl (C=O) groups is 1. The molecule has 0 atom stereocenters. The van der Waals surface area contributed by atoms with Crippen molar-refractivity contribution in [2.24, 2.45) is 0 Å². The zero-order chi connectivity index (χ0) is 20.3. The van der Waals surface area contributed by atoms with E-state index in [1.165, 1.54) is 16.4 Å². The fraction of sp³-hybridized carbons (Fsp3) is 0.350. The Balaban J connectivity index is 1.33. The van der Waals surface area contributed by atoms with Gasteiger partial charge >= 0.3 is 0 Å². The van der Waals surface area contributed by atoms with E-state index in [2.05, 4.69) is 5.32 Å². The Labute approximate surface area is 169 Å². The first-order valence-electron chi connectivity index (χ1n) is 9.45. The van der Waals surface area contributed by atoms with Crippen molar-refractivity contribution in [1.82, 2.24) is 4.31 Å². The number of ether oxygens (including phenoxy) is 3. The van der Waals surface area contributed by atoms with Crippen LogP contribution in [-0.4, -0.2) is 45.1 Å². The van der Waals surface area contributed by atoms with E-state index in [0.29, 0.717) is 36.0 Å². The summed E-state index contributed by atoms with van der Waals surface area (Å²) in [5.41, 5.74) is 0.502. The Morgan fingerprint density at radius 1 is 1.00 bits per heavy atom. The van der Waals surface area contributed by atoms with Crippen LogP contribution in [0.4, 0.5) is 5.69 Å². The molecule has 0 unspecified atom stereocenters. The monoisotopic (exact) mass is 418 g/mol. The number of anilines is 1. The molecule has 8 nitrogen and oxygen atoms in total. The summed E-state index contributed by atoms with van der Waals surface area (Å²) in [5.74, 6) is 1.36. The molecule has 0 bridgehead atoms. The minimum Gasteiger partial charge on any atom is -0.484 e. The van der Waals surface area contributed by atoms with Gasteiger partial charge in [-0.15, -0.1) is 0 Å². The molecular formula is C20H22N2O6S. The number of fused-ring (bicyclic) bond motifs is 1. The molecule has 1 saturated heterocycles. The van der Waals surface area contributed by atoms with Crippen molar-refractivity contribution in [3.63, 3.8) is 0 Å². The number of benzene rings is 2. The van der Waals surface area contributed by atoms with Crippen molar-refractivity contribution in [2.45, 2.75) is 24.2 Å². The number of hydrogen-bond acceptors (Lipinski definition) is 6. The van der Waals surface area contributed by atoms with Gasteiger partial charge in [0.2, 0.25) is 16.8 Å². The molecule has 4 rings (SSSR count). The Kier molecular flexibility index (Phi) is 5.59. The summed E-state index contributed by atoms with van der Waals surface area (Å²) in [6, 6.07) is 11.3. The topological polar surface area (TPSA) is 94.2 Å². The highest BCUT2D eigenvalue weighted by Crippen LogP contribution is 2.35. The zero-order valence-electron chi connectivity index (χ0n) is 15.8. The second kappa shape index (κ2) is 8.30. The number of amides is 1. The van der Waals surface area contributed by atoms with Gasteiger partial charge in [0.05, 0.1) is 4.90 Å². The van der Waals surface area contributed by atoms with Crippen molar-refractivity contribution in [1.29, 1.82) is 0 Å². The highest BCUT2D eigenvalue weighted by atomic mass is 32.2. The number of nitrogens with one attached hydrogen (secondary N) is 1. The van der Waals surface area contributed by atoms with Gasteiger partial charge in [0.15, 0.2) is 18.1 Å². The quantitative estimate of drug-likeness (QED) is 0.775. The SMILES string of the molecule is O=C(COc1ccc2c(c1)OCO2)Nc1ccc(S(=O)(=O)N2CCCCC2)cc1. The average molecular weight is 418 g/mol. The molecule has 2 aliphatic heterocycles. The Morgan fingerprint density at radius 3 is 2.48 bits per heavy atom. The molecule has 2 aromatic carbocycles. The van der Waals surface area contributed by atoms with Crippen LogP contribution in [0.5, 0.6) is 17.2 Å². The van der Waals surface area contributed by atoms with Crippen LogP contribution in [0.3, 0.4) is 0 Å². The van der Waals surface area contributed by atoms with Gasteiger partial charge in [0.25, 0.3) is 5.91 Å². The van der Waals surface area contributed by atoms with Crippen LogP contribution in [0.15, 0.2) is 47.4 Å². The van der Waals surface area contributed by atoms with Crippen molar-refractivity contribution in [2.75, 3.05) is 31.8 Å². The summed E-state index contributed by atoms with van der Waals surface area (Å²) in [6.07, 6.45) is 2.83. The molecule has 1 N–H and O–H groups in total. The highest BCUT2D eigenvalue weighted by Gasteiger charge is 2.25. The third kappa shape index (κ3) is 4.46. The van der Waals surface area contributed by atoms with Gasteiger partial charge in [0, 0.05) is 24.8 Å². The molecule has 0 aliphatic carbocycles. The number of rotatable bonds is 6. The minimum atomic E-state index is -3.48. The number of carbonyl (C=O) groups excluding carboxylic acids is 1. The Bertz CT molecular complexity index is 985. The van der Waals surface area contributed by atoms with E-state index in [1.807, 2.05) is 0 Å². The lowest BCUT2D eigenvalue weighted by atomic mass is 10.2. The van der Waals surface area contributed by atoms with E-state index in [1.54, 1.807) is 30.3 Å². The van der Waals surface area contributed by atoms with Gasteiger partial charge in [-0.3, -0.25) is 4.79 Å². The fourth-order valence-corrected chi connectivity index (χ4v) is 4.79. The molecule has 2 heterocycles. The molecular weight excluding hydrogens is 396 g/mol. The summed E-state index contributed by atoms with van der Waals surface area (Å²) in [5, 5.41) is 2.69. The standard InChI is InChI=1S/C20H22N2O6S/c23-20(13-26-16-6-9-18-19(12-16)28-14-27-18)21-15-4-7-17(8-5-15)29(24,25)22-10-2-1-3-11-22/h4-9,12H,1-3,10-11,13-14H2,(H,21,23). The lowest BCUT2D eigenvalue weighted by Crippen LogP contribution is -2.35. The van der Waals surface area contributed by atoms with Crippen LogP contribution < -0.4 is 19.5 Å². The summed E-state index contributed by atoms with van der Waals surface area (Å²) in [7, 11) is -3.48. The number of piperidine rings is 1. The third-order valence-corrected chi connectivity index (χ3v) is 6.72. The van der Waals surface area contributed by atoms with Crippen molar-refractivity contribution >= 4 is 21.6 Å². The van der Waals surface area contributed by atoms with Crippen molar-refractivity contribution in [3.05, 3.63) is 42.5 Å². The molecule has 9 heteroatoms. The molecule has 2 aliphatic rings. The summed E-state index contributed by atoms with van der Waals surface area (Å²) < 4.78 is 42.8. The molecule has 2 aromatic rings. The van der Waals surface area contributed by atoms with E-state index < -0.39 is 10.0 Å². The second-order valence-electron chi connectivity index (χ2n) is 6.84. The van der Waals surface area contributed by atoms with Crippen molar-refractivity contribution < 1.29 is 27.4 Å².